The predicted molar refractivity (Wildman–Crippen MR) is 61.4 cm³/mol. The Morgan fingerprint density at radius 3 is 2.26 bits per heavy atom. The van der Waals surface area contributed by atoms with Crippen molar-refractivity contribution >= 4 is 24.5 Å². The number of nitrogens with zero attached hydrogens (tertiary/aromatic N) is 1. The van der Waals surface area contributed by atoms with Crippen LogP contribution in [0.4, 0.5) is 8.78 Å². The van der Waals surface area contributed by atoms with Crippen molar-refractivity contribution in [3.63, 3.8) is 0 Å². The summed E-state index contributed by atoms with van der Waals surface area (Å²) in [5.74, 6) is -3.04. The van der Waals surface area contributed by atoms with E-state index in [1.165, 1.54) is 4.90 Å². The Bertz CT molecular complexity index is 505. The third-order valence-electron chi connectivity index (χ3n) is 2.49. The quantitative estimate of drug-likeness (QED) is 0.655. The molecular formula is C11H10BF2NO4. The van der Waals surface area contributed by atoms with Gasteiger partial charge in [-0.25, -0.2) is 8.78 Å². The highest BCUT2D eigenvalue weighted by Gasteiger charge is 2.35. The first kappa shape index (κ1) is 13.5. The van der Waals surface area contributed by atoms with E-state index in [0.717, 1.165) is 12.1 Å². The van der Waals surface area contributed by atoms with Crippen molar-refractivity contribution in [1.82, 2.24) is 4.90 Å². The van der Waals surface area contributed by atoms with Gasteiger partial charge in [-0.2, -0.15) is 0 Å². The van der Waals surface area contributed by atoms with Crippen LogP contribution in [0.2, 0.25) is 0 Å². The summed E-state index contributed by atoms with van der Waals surface area (Å²) in [5.41, 5.74) is -0.201. The fraction of sp³-hybridized carbons (Fsp3) is 0.273. The standard InChI is InChI=1S/C11H10BF2NO4/c1-15-5-10(16)18-12(19-11(17)6-15)8-3-2-7(13)4-9(8)14/h2-4H,5-6H2,1H3. The zero-order chi connectivity index (χ0) is 14.0. The van der Waals surface area contributed by atoms with Crippen molar-refractivity contribution in [1.29, 1.82) is 0 Å². The van der Waals surface area contributed by atoms with E-state index < -0.39 is 30.7 Å². The molecule has 1 heterocycles. The van der Waals surface area contributed by atoms with Crippen LogP contribution in [0.1, 0.15) is 0 Å². The maximum Gasteiger partial charge on any atom is 0.639 e. The van der Waals surface area contributed by atoms with Gasteiger partial charge in [0, 0.05) is 11.5 Å². The number of rotatable bonds is 1. The Balaban J connectivity index is 2.26. The lowest BCUT2D eigenvalue weighted by Crippen LogP contribution is -2.48. The minimum absolute atomic E-state index is 0.117. The summed E-state index contributed by atoms with van der Waals surface area (Å²) in [6.45, 7) is -0.233. The molecule has 8 heteroatoms. The second-order valence-corrected chi connectivity index (χ2v) is 4.15. The number of carbonyl (C=O) groups is 2. The van der Waals surface area contributed by atoms with Crippen molar-refractivity contribution in [3.05, 3.63) is 29.8 Å². The zero-order valence-electron chi connectivity index (χ0n) is 10.1. The predicted octanol–water partition coefficient (Wildman–Crippen LogP) is -0.308. The lowest BCUT2D eigenvalue weighted by atomic mass is 9.78. The molecule has 1 aliphatic heterocycles. The molecule has 2 rings (SSSR count). The van der Waals surface area contributed by atoms with E-state index in [1.54, 1.807) is 7.05 Å². The molecule has 0 atom stereocenters. The molecule has 0 aromatic heterocycles. The third-order valence-corrected chi connectivity index (χ3v) is 2.49. The van der Waals surface area contributed by atoms with Crippen molar-refractivity contribution in [3.8, 4) is 0 Å². The molecule has 0 aliphatic carbocycles. The van der Waals surface area contributed by atoms with E-state index in [4.69, 9.17) is 9.31 Å². The largest absolute Gasteiger partial charge is 0.639 e. The van der Waals surface area contributed by atoms with Gasteiger partial charge < -0.3 is 9.31 Å². The highest BCUT2D eigenvalue weighted by molar-refractivity contribution is 6.64. The fourth-order valence-electron chi connectivity index (χ4n) is 1.65. The van der Waals surface area contributed by atoms with E-state index in [-0.39, 0.29) is 18.6 Å². The highest BCUT2D eigenvalue weighted by Crippen LogP contribution is 2.05. The van der Waals surface area contributed by atoms with Crippen LogP contribution in [0.3, 0.4) is 0 Å². The zero-order valence-corrected chi connectivity index (χ0v) is 10.1. The number of likely N-dealkylation sites (N-methyl/N-ethyl adjacent to an activating group) is 1. The number of hydrogen-bond donors (Lipinski definition) is 0. The van der Waals surface area contributed by atoms with Crippen LogP contribution in [-0.4, -0.2) is 44.1 Å². The first-order valence-corrected chi connectivity index (χ1v) is 5.48. The van der Waals surface area contributed by atoms with Gasteiger partial charge in [-0.3, -0.25) is 14.5 Å². The Kier molecular flexibility index (Phi) is 3.80. The summed E-state index contributed by atoms with van der Waals surface area (Å²) in [5, 5.41) is 0. The van der Waals surface area contributed by atoms with Crippen LogP contribution in [0.25, 0.3) is 0 Å². The van der Waals surface area contributed by atoms with Crippen LogP contribution in [0.5, 0.6) is 0 Å². The smallest absolute Gasteiger partial charge is 0.494 e. The second-order valence-electron chi connectivity index (χ2n) is 4.15. The molecule has 1 fully saturated rings. The van der Waals surface area contributed by atoms with Gasteiger partial charge in [0.05, 0.1) is 13.1 Å². The first-order chi connectivity index (χ1) is 8.95. The van der Waals surface area contributed by atoms with Gasteiger partial charge in [0.15, 0.2) is 0 Å². The molecule has 0 unspecified atom stereocenters. The average Bonchev–Trinajstić information content (AvgIpc) is 2.25. The number of halogens is 2. The minimum Gasteiger partial charge on any atom is -0.494 e. The van der Waals surface area contributed by atoms with Gasteiger partial charge in [0.25, 0.3) is 0 Å². The highest BCUT2D eigenvalue weighted by atomic mass is 19.1. The van der Waals surface area contributed by atoms with Gasteiger partial charge in [-0.15, -0.1) is 0 Å². The Morgan fingerprint density at radius 1 is 1.16 bits per heavy atom. The van der Waals surface area contributed by atoms with Gasteiger partial charge in [-0.1, -0.05) is 6.07 Å². The average molecular weight is 269 g/mol. The minimum atomic E-state index is -1.49. The number of carbonyl (C=O) groups excluding carboxylic acids is 2. The molecule has 100 valence electrons. The normalized spacial score (nSPS) is 17.5. The lowest BCUT2D eigenvalue weighted by molar-refractivity contribution is -0.145. The molecule has 1 aliphatic rings. The topological polar surface area (TPSA) is 55.8 Å². The van der Waals surface area contributed by atoms with Gasteiger partial charge in [0.1, 0.15) is 11.6 Å². The van der Waals surface area contributed by atoms with Gasteiger partial charge >= 0.3 is 19.1 Å². The SMILES string of the molecule is CN1CC(=O)OB(c2ccc(F)cc2F)OC(=O)C1. The van der Waals surface area contributed by atoms with E-state index in [1.807, 2.05) is 0 Å². The summed E-state index contributed by atoms with van der Waals surface area (Å²) in [6, 6.07) is 2.69. The Morgan fingerprint density at radius 2 is 1.74 bits per heavy atom. The Labute approximate surface area is 108 Å². The molecule has 1 aromatic rings. The molecule has 19 heavy (non-hydrogen) atoms. The summed E-state index contributed by atoms with van der Waals surface area (Å²) in [7, 11) is 0.0516. The monoisotopic (exact) mass is 269 g/mol. The molecule has 0 spiro atoms. The molecule has 1 aromatic carbocycles. The van der Waals surface area contributed by atoms with Crippen LogP contribution >= 0.6 is 0 Å². The molecule has 0 bridgehead atoms. The van der Waals surface area contributed by atoms with Crippen molar-refractivity contribution < 1.29 is 27.7 Å². The maximum atomic E-state index is 13.6. The third kappa shape index (κ3) is 3.28. The molecule has 1 saturated heterocycles. The summed E-state index contributed by atoms with van der Waals surface area (Å²) < 4.78 is 36.1. The lowest BCUT2D eigenvalue weighted by Gasteiger charge is -2.22. The Hall–Kier alpha value is -1.96. The van der Waals surface area contributed by atoms with Crippen LogP contribution in [-0.2, 0) is 18.9 Å². The van der Waals surface area contributed by atoms with Gasteiger partial charge in [-0.05, 0) is 13.1 Å². The molecule has 0 radical (unpaired) electrons. The van der Waals surface area contributed by atoms with E-state index in [0.29, 0.717) is 6.07 Å². The summed E-state index contributed by atoms with van der Waals surface area (Å²) in [4.78, 5) is 24.3. The van der Waals surface area contributed by atoms with Crippen molar-refractivity contribution in [2.75, 3.05) is 20.1 Å². The van der Waals surface area contributed by atoms with Crippen LogP contribution in [0, 0.1) is 11.6 Å². The molecule has 0 saturated carbocycles. The molecular weight excluding hydrogens is 259 g/mol. The molecule has 0 N–H and O–H groups in total. The number of benzene rings is 1. The second kappa shape index (κ2) is 5.35. The van der Waals surface area contributed by atoms with Gasteiger partial charge in [0.2, 0.25) is 0 Å². The van der Waals surface area contributed by atoms with E-state index >= 15 is 0 Å². The first-order valence-electron chi connectivity index (χ1n) is 5.48. The van der Waals surface area contributed by atoms with E-state index in [2.05, 4.69) is 0 Å². The maximum absolute atomic E-state index is 13.6. The van der Waals surface area contributed by atoms with Crippen LogP contribution in [0.15, 0.2) is 18.2 Å². The van der Waals surface area contributed by atoms with Crippen LogP contribution < -0.4 is 5.46 Å². The summed E-state index contributed by atoms with van der Waals surface area (Å²) in [6.07, 6.45) is 0. The molecule has 0 amide bonds. The van der Waals surface area contributed by atoms with Crippen molar-refractivity contribution in [2.24, 2.45) is 0 Å². The molecule has 5 nitrogen and oxygen atoms in total. The number of hydrogen-bond acceptors (Lipinski definition) is 5. The fourth-order valence-corrected chi connectivity index (χ4v) is 1.65. The summed E-state index contributed by atoms with van der Waals surface area (Å²) >= 11 is 0. The van der Waals surface area contributed by atoms with Crippen molar-refractivity contribution in [2.45, 2.75) is 0 Å². The van der Waals surface area contributed by atoms with E-state index in [9.17, 15) is 18.4 Å².